The van der Waals surface area contributed by atoms with Gasteiger partial charge >= 0.3 is 5.69 Å². The fourth-order valence-corrected chi connectivity index (χ4v) is 0.673. The van der Waals surface area contributed by atoms with E-state index in [-0.39, 0.29) is 17.3 Å². The number of aromatic nitrogens is 1. The van der Waals surface area contributed by atoms with E-state index in [0.29, 0.717) is 0 Å². The molecule has 0 bridgehead atoms. The molecule has 0 saturated carbocycles. The molecule has 0 fully saturated rings. The molecule has 1 aromatic rings. The third-order valence-corrected chi connectivity index (χ3v) is 1.20. The maximum atomic E-state index is 10.2. The largest absolute Gasteiger partial charge is 0.361 e. The molecule has 0 aliphatic carbocycles. The molecule has 6 nitrogen and oxygen atoms in total. The quantitative estimate of drug-likeness (QED) is 0.382. The third-order valence-electron chi connectivity index (χ3n) is 1.20. The van der Waals surface area contributed by atoms with E-state index in [4.69, 9.17) is 12.3 Å². The minimum absolute atomic E-state index is 0.0538. The van der Waals surface area contributed by atoms with Gasteiger partial charge in [0.15, 0.2) is 0 Å². The van der Waals surface area contributed by atoms with Crippen molar-refractivity contribution in [1.82, 2.24) is 4.98 Å². The molecular formula is C6H4N4O2. The van der Waals surface area contributed by atoms with Gasteiger partial charge in [-0.3, -0.25) is 10.1 Å². The topological polar surface area (TPSA) is 86.4 Å². The SMILES string of the molecule is [C-]#[N+]c1ccc([N+](=O)[O-])c(N)n1. The summed E-state index contributed by atoms with van der Waals surface area (Å²) in [6, 6.07) is 2.41. The number of pyridine rings is 1. The molecule has 0 amide bonds. The van der Waals surface area contributed by atoms with E-state index in [0.717, 1.165) is 6.07 Å². The molecule has 1 heterocycles. The summed E-state index contributed by atoms with van der Waals surface area (Å²) in [5.41, 5.74) is 4.93. The number of nitrogens with two attached hydrogens (primary N) is 1. The lowest BCUT2D eigenvalue weighted by molar-refractivity contribution is -0.384. The first kappa shape index (κ1) is 7.94. The molecule has 1 rings (SSSR count). The van der Waals surface area contributed by atoms with Crippen LogP contribution in [0.5, 0.6) is 0 Å². The Kier molecular flexibility index (Phi) is 1.88. The van der Waals surface area contributed by atoms with E-state index in [9.17, 15) is 10.1 Å². The van der Waals surface area contributed by atoms with E-state index < -0.39 is 4.92 Å². The van der Waals surface area contributed by atoms with Crippen molar-refractivity contribution in [3.05, 3.63) is 33.7 Å². The Morgan fingerprint density at radius 3 is 2.75 bits per heavy atom. The molecule has 0 unspecified atom stereocenters. The molecule has 0 aliphatic rings. The van der Waals surface area contributed by atoms with Crippen molar-refractivity contribution in [3.8, 4) is 0 Å². The Morgan fingerprint density at radius 2 is 2.33 bits per heavy atom. The van der Waals surface area contributed by atoms with Crippen molar-refractivity contribution >= 4 is 17.3 Å². The summed E-state index contributed by atoms with van der Waals surface area (Å²) in [6.07, 6.45) is 0. The minimum Gasteiger partial charge on any atom is -0.361 e. The summed E-state index contributed by atoms with van der Waals surface area (Å²) in [7, 11) is 0. The number of hydrogen-bond donors (Lipinski definition) is 1. The van der Waals surface area contributed by atoms with Gasteiger partial charge in [0.25, 0.3) is 11.6 Å². The van der Waals surface area contributed by atoms with Crippen LogP contribution in [0.15, 0.2) is 12.1 Å². The highest BCUT2D eigenvalue weighted by atomic mass is 16.6. The number of rotatable bonds is 1. The first-order valence-electron chi connectivity index (χ1n) is 2.93. The molecule has 0 spiro atoms. The van der Waals surface area contributed by atoms with Crippen LogP contribution in [0.1, 0.15) is 0 Å². The van der Waals surface area contributed by atoms with Crippen LogP contribution in [0.2, 0.25) is 0 Å². The first-order valence-corrected chi connectivity index (χ1v) is 2.93. The third kappa shape index (κ3) is 1.29. The fourth-order valence-electron chi connectivity index (χ4n) is 0.673. The Balaban J connectivity index is 3.23. The molecule has 0 radical (unpaired) electrons. The number of nitro groups is 1. The van der Waals surface area contributed by atoms with Gasteiger partial charge in [-0.1, -0.05) is 11.6 Å². The fraction of sp³-hybridized carbons (Fsp3) is 0. The maximum absolute atomic E-state index is 10.2. The normalized spacial score (nSPS) is 8.92. The summed E-state index contributed by atoms with van der Waals surface area (Å²) in [5, 5.41) is 10.2. The van der Waals surface area contributed by atoms with Crippen LogP contribution < -0.4 is 5.73 Å². The molecule has 0 aromatic carbocycles. The van der Waals surface area contributed by atoms with Crippen LogP contribution in [0.4, 0.5) is 17.3 Å². The average Bonchev–Trinajstić information content (AvgIpc) is 2.03. The Bertz CT molecular complexity index is 368. The second kappa shape index (κ2) is 2.84. The van der Waals surface area contributed by atoms with Crippen molar-refractivity contribution in [2.24, 2.45) is 0 Å². The molecule has 0 saturated heterocycles. The van der Waals surface area contributed by atoms with Gasteiger partial charge in [0.1, 0.15) is 0 Å². The lowest BCUT2D eigenvalue weighted by Crippen LogP contribution is -1.97. The van der Waals surface area contributed by atoms with E-state index in [1.54, 1.807) is 0 Å². The predicted molar refractivity (Wildman–Crippen MR) is 41.6 cm³/mol. The molecule has 1 aromatic heterocycles. The highest BCUT2D eigenvalue weighted by molar-refractivity contribution is 5.57. The summed E-state index contributed by atoms with van der Waals surface area (Å²) < 4.78 is 0. The molecule has 2 N–H and O–H groups in total. The van der Waals surface area contributed by atoms with Gasteiger partial charge < -0.3 is 10.6 Å². The minimum atomic E-state index is -0.643. The molecular weight excluding hydrogens is 160 g/mol. The van der Waals surface area contributed by atoms with Crippen LogP contribution >= 0.6 is 0 Å². The van der Waals surface area contributed by atoms with E-state index in [2.05, 4.69) is 9.83 Å². The summed E-state index contributed by atoms with van der Waals surface area (Å²) >= 11 is 0. The van der Waals surface area contributed by atoms with Gasteiger partial charge in [-0.15, -0.1) is 0 Å². The molecule has 0 atom stereocenters. The van der Waals surface area contributed by atoms with Gasteiger partial charge in [0.2, 0.25) is 0 Å². The zero-order chi connectivity index (χ0) is 9.14. The molecule has 12 heavy (non-hydrogen) atoms. The average molecular weight is 164 g/mol. The van der Waals surface area contributed by atoms with Crippen molar-refractivity contribution < 1.29 is 4.92 Å². The standard InChI is InChI=1S/C6H4N4O2/c1-8-5-3-2-4(10(11)12)6(7)9-5/h2-3H,(H2,7,9). The highest BCUT2D eigenvalue weighted by Gasteiger charge is 2.15. The first-order chi connectivity index (χ1) is 5.65. The second-order valence-electron chi connectivity index (χ2n) is 1.94. The molecule has 60 valence electrons. The van der Waals surface area contributed by atoms with Gasteiger partial charge in [0.05, 0.1) is 4.92 Å². The Labute approximate surface area is 67.6 Å². The van der Waals surface area contributed by atoms with Crippen LogP contribution in [0.25, 0.3) is 4.85 Å². The summed E-state index contributed by atoms with van der Waals surface area (Å²) in [6.45, 7) is 6.56. The number of hydrogen-bond acceptors (Lipinski definition) is 4. The van der Waals surface area contributed by atoms with E-state index >= 15 is 0 Å². The van der Waals surface area contributed by atoms with Gasteiger partial charge in [-0.25, -0.2) is 0 Å². The molecule has 0 aliphatic heterocycles. The number of nitrogen functional groups attached to an aromatic ring is 1. The summed E-state index contributed by atoms with van der Waals surface area (Å²) in [5.74, 6) is -0.174. The van der Waals surface area contributed by atoms with Gasteiger partial charge in [-0.05, 0) is 6.07 Å². The zero-order valence-electron chi connectivity index (χ0n) is 5.89. The second-order valence-corrected chi connectivity index (χ2v) is 1.94. The van der Waals surface area contributed by atoms with Crippen molar-refractivity contribution in [3.63, 3.8) is 0 Å². The van der Waals surface area contributed by atoms with E-state index in [1.165, 1.54) is 6.07 Å². The van der Waals surface area contributed by atoms with Crippen LogP contribution in [-0.2, 0) is 0 Å². The van der Waals surface area contributed by atoms with Gasteiger partial charge in [-0.2, -0.15) is 0 Å². The number of anilines is 1. The maximum Gasteiger partial charge on any atom is 0.334 e. The smallest absolute Gasteiger partial charge is 0.334 e. The van der Waals surface area contributed by atoms with Gasteiger partial charge in [0, 0.05) is 6.07 Å². The van der Waals surface area contributed by atoms with Crippen LogP contribution in [0, 0.1) is 16.7 Å². The monoisotopic (exact) mass is 164 g/mol. The Hall–Kier alpha value is -2.16. The van der Waals surface area contributed by atoms with Crippen molar-refractivity contribution in [2.75, 3.05) is 5.73 Å². The Morgan fingerprint density at radius 1 is 1.67 bits per heavy atom. The number of nitrogens with zero attached hydrogens (tertiary/aromatic N) is 3. The van der Waals surface area contributed by atoms with Crippen molar-refractivity contribution in [1.29, 1.82) is 0 Å². The summed E-state index contributed by atoms with van der Waals surface area (Å²) in [4.78, 5) is 16.0. The van der Waals surface area contributed by atoms with Crippen LogP contribution in [-0.4, -0.2) is 9.91 Å². The lowest BCUT2D eigenvalue weighted by atomic mass is 10.4. The van der Waals surface area contributed by atoms with E-state index in [1.807, 2.05) is 0 Å². The molecule has 6 heteroatoms. The predicted octanol–water partition coefficient (Wildman–Crippen LogP) is 1.12. The van der Waals surface area contributed by atoms with Crippen molar-refractivity contribution in [2.45, 2.75) is 0 Å². The van der Waals surface area contributed by atoms with Crippen LogP contribution in [0.3, 0.4) is 0 Å². The lowest BCUT2D eigenvalue weighted by Gasteiger charge is -1.91. The zero-order valence-corrected chi connectivity index (χ0v) is 5.89. The highest BCUT2D eigenvalue weighted by Crippen LogP contribution is 2.21.